The lowest BCUT2D eigenvalue weighted by atomic mass is 10.0. The van der Waals surface area contributed by atoms with Crippen LogP contribution in [0.4, 0.5) is 0 Å². The molecule has 0 aliphatic heterocycles. The van der Waals surface area contributed by atoms with Gasteiger partial charge in [0.1, 0.15) is 0 Å². The lowest BCUT2D eigenvalue weighted by Crippen LogP contribution is -1.95. The molecule has 0 radical (unpaired) electrons. The highest BCUT2D eigenvalue weighted by atomic mass is 32.1. The monoisotopic (exact) mass is 659 g/mol. The van der Waals surface area contributed by atoms with Gasteiger partial charge in [0.15, 0.2) is 0 Å². The van der Waals surface area contributed by atoms with Crippen molar-refractivity contribution in [3.8, 4) is 28.2 Å². The molecule has 49 heavy (non-hydrogen) atoms. The van der Waals surface area contributed by atoms with E-state index in [1.807, 2.05) is 40.9 Å². The maximum atomic E-state index is 5.03. The Labute approximate surface area is 289 Å². The Kier molecular flexibility index (Phi) is 5.70. The van der Waals surface area contributed by atoms with Crippen molar-refractivity contribution in [3.63, 3.8) is 0 Å². The number of rotatable bonds is 3. The van der Waals surface area contributed by atoms with E-state index in [2.05, 4.69) is 138 Å². The number of benzene rings is 6. The van der Waals surface area contributed by atoms with Crippen molar-refractivity contribution in [2.75, 3.05) is 0 Å². The smallest absolute Gasteiger partial charge is 0.0894 e. The molecule has 228 valence electrons. The first-order valence-electron chi connectivity index (χ1n) is 16.4. The zero-order valence-electron chi connectivity index (χ0n) is 26.1. The number of thiophene rings is 2. The summed E-state index contributed by atoms with van der Waals surface area (Å²) in [5, 5.41) is 7.97. The minimum absolute atomic E-state index is 0.891. The summed E-state index contributed by atoms with van der Waals surface area (Å²) in [6.45, 7) is 0. The summed E-state index contributed by atoms with van der Waals surface area (Å²) >= 11 is 3.84. The summed E-state index contributed by atoms with van der Waals surface area (Å²) < 4.78 is 7.90. The molecule has 0 N–H and O–H groups in total. The number of fused-ring (bicyclic) bond motifs is 13. The molecule has 0 amide bonds. The third kappa shape index (κ3) is 3.94. The van der Waals surface area contributed by atoms with Gasteiger partial charge in [-0.25, -0.2) is 9.97 Å². The van der Waals surface area contributed by atoms with Crippen molar-refractivity contribution in [1.29, 1.82) is 0 Å². The van der Waals surface area contributed by atoms with Crippen LogP contribution in [0, 0.1) is 0 Å². The molecular formula is C44H25N3S2. The van der Waals surface area contributed by atoms with Crippen LogP contribution in [0.15, 0.2) is 152 Å². The fourth-order valence-electron chi connectivity index (χ4n) is 7.61. The van der Waals surface area contributed by atoms with E-state index >= 15 is 0 Å². The van der Waals surface area contributed by atoms with E-state index in [0.29, 0.717) is 0 Å². The first-order valence-corrected chi connectivity index (χ1v) is 18.1. The van der Waals surface area contributed by atoms with Gasteiger partial charge < -0.3 is 4.57 Å². The second-order valence-corrected chi connectivity index (χ2v) is 14.6. The summed E-state index contributed by atoms with van der Waals surface area (Å²) in [6.07, 6.45) is 0. The highest BCUT2D eigenvalue weighted by molar-refractivity contribution is 7.33. The Morgan fingerprint density at radius 3 is 1.61 bits per heavy atom. The lowest BCUT2D eigenvalue weighted by Gasteiger charge is -2.11. The molecule has 0 spiro atoms. The van der Waals surface area contributed by atoms with Gasteiger partial charge in [0.05, 0.1) is 42.9 Å². The van der Waals surface area contributed by atoms with Crippen molar-refractivity contribution in [1.82, 2.24) is 14.5 Å². The van der Waals surface area contributed by atoms with Crippen LogP contribution in [0.2, 0.25) is 0 Å². The van der Waals surface area contributed by atoms with Crippen LogP contribution in [0.25, 0.3) is 101 Å². The molecule has 11 aromatic rings. The van der Waals surface area contributed by atoms with Gasteiger partial charge in [-0.05, 0) is 54.6 Å². The Balaban J connectivity index is 1.14. The van der Waals surface area contributed by atoms with Crippen LogP contribution in [-0.2, 0) is 0 Å². The molecule has 5 heterocycles. The quantitative estimate of drug-likeness (QED) is 0.189. The van der Waals surface area contributed by atoms with Crippen molar-refractivity contribution >= 4 is 95.9 Å². The van der Waals surface area contributed by atoms with Crippen LogP contribution in [0.1, 0.15) is 0 Å². The van der Waals surface area contributed by atoms with E-state index < -0.39 is 0 Å². The van der Waals surface area contributed by atoms with E-state index in [1.165, 1.54) is 62.2 Å². The van der Waals surface area contributed by atoms with Crippen LogP contribution >= 0.6 is 22.7 Å². The average Bonchev–Trinajstić information content (AvgIpc) is 3.85. The van der Waals surface area contributed by atoms with Crippen molar-refractivity contribution in [3.05, 3.63) is 152 Å². The molecule has 0 atom stereocenters. The predicted octanol–water partition coefficient (Wildman–Crippen LogP) is 12.8. The molecule has 0 saturated heterocycles. The number of nitrogens with zero attached hydrogens (tertiary/aromatic N) is 3. The molecule has 6 aromatic carbocycles. The second kappa shape index (κ2) is 10.3. The highest BCUT2D eigenvalue weighted by Gasteiger charge is 2.24. The second-order valence-electron chi connectivity index (χ2n) is 12.5. The molecule has 0 saturated carbocycles. The largest absolute Gasteiger partial charge is 0.309 e. The fraction of sp³-hybridized carbons (Fsp3) is 0. The summed E-state index contributed by atoms with van der Waals surface area (Å²) in [4.78, 5) is 9.93. The number of hydrogen-bond donors (Lipinski definition) is 0. The van der Waals surface area contributed by atoms with Gasteiger partial charge in [-0.15, -0.1) is 22.7 Å². The molecule has 11 rings (SSSR count). The van der Waals surface area contributed by atoms with E-state index in [0.717, 1.165) is 39.2 Å². The van der Waals surface area contributed by atoms with Crippen LogP contribution in [0.5, 0.6) is 0 Å². The molecule has 0 unspecified atom stereocenters. The van der Waals surface area contributed by atoms with Crippen molar-refractivity contribution < 1.29 is 0 Å². The maximum Gasteiger partial charge on any atom is 0.0894 e. The SMILES string of the molecule is c1ccc(-c2ccc3nc(-c4ccc(-n5c6ccccc6c6c7c8ccccc8sc7c7sc8ccccc8c7c65)cc4)ccc3n2)cc1. The molecule has 5 heteroatoms. The Morgan fingerprint density at radius 2 is 0.939 bits per heavy atom. The number of para-hydroxylation sites is 1. The summed E-state index contributed by atoms with van der Waals surface area (Å²) in [7, 11) is 0. The number of aromatic nitrogens is 3. The Morgan fingerprint density at radius 1 is 0.408 bits per heavy atom. The minimum Gasteiger partial charge on any atom is -0.309 e. The normalized spacial score (nSPS) is 12.1. The standard InChI is InChI=1S/C44H25N3S2/c1-2-10-26(11-3-1)32-22-24-35-34(45-32)25-23-33(46-35)27-18-20-28(21-19-27)47-36-15-7-4-12-29(36)39-40-30-13-5-8-16-37(30)48-43(40)44-41(42(39)47)31-14-6-9-17-38(31)49-44/h1-25H. The summed E-state index contributed by atoms with van der Waals surface area (Å²) in [5.41, 5.74) is 9.50. The summed E-state index contributed by atoms with van der Waals surface area (Å²) in [6, 6.07) is 54.2. The zero-order chi connectivity index (χ0) is 32.1. The Hall–Kier alpha value is -5.88. The summed E-state index contributed by atoms with van der Waals surface area (Å²) in [5.74, 6) is 0. The molecule has 5 aromatic heterocycles. The first-order chi connectivity index (χ1) is 24.3. The van der Waals surface area contributed by atoms with Gasteiger partial charge >= 0.3 is 0 Å². The third-order valence-corrected chi connectivity index (χ3v) is 12.3. The van der Waals surface area contributed by atoms with Gasteiger partial charge in [0.2, 0.25) is 0 Å². The first kappa shape index (κ1) is 27.1. The number of hydrogen-bond acceptors (Lipinski definition) is 4. The van der Waals surface area contributed by atoms with Gasteiger partial charge in [-0.1, -0.05) is 97.1 Å². The zero-order valence-corrected chi connectivity index (χ0v) is 27.7. The lowest BCUT2D eigenvalue weighted by molar-refractivity contribution is 1.19. The van der Waals surface area contributed by atoms with E-state index in [-0.39, 0.29) is 0 Å². The predicted molar refractivity (Wildman–Crippen MR) is 211 cm³/mol. The fourth-order valence-corrected chi connectivity index (χ4v) is 10.2. The molecule has 0 fully saturated rings. The topological polar surface area (TPSA) is 30.7 Å². The van der Waals surface area contributed by atoms with E-state index in [9.17, 15) is 0 Å². The van der Waals surface area contributed by atoms with Crippen molar-refractivity contribution in [2.24, 2.45) is 0 Å². The highest BCUT2D eigenvalue weighted by Crippen LogP contribution is 2.52. The van der Waals surface area contributed by atoms with Gasteiger partial charge in [-0.3, -0.25) is 0 Å². The van der Waals surface area contributed by atoms with Crippen LogP contribution < -0.4 is 0 Å². The Bertz CT molecular complexity index is 3090. The van der Waals surface area contributed by atoms with Crippen molar-refractivity contribution in [2.45, 2.75) is 0 Å². The minimum atomic E-state index is 0.891. The molecule has 0 aliphatic carbocycles. The maximum absolute atomic E-state index is 5.03. The van der Waals surface area contributed by atoms with Crippen LogP contribution in [-0.4, -0.2) is 14.5 Å². The third-order valence-electron chi connectivity index (χ3n) is 9.79. The molecule has 3 nitrogen and oxygen atoms in total. The van der Waals surface area contributed by atoms with Gasteiger partial charge in [0, 0.05) is 58.5 Å². The van der Waals surface area contributed by atoms with E-state index in [4.69, 9.17) is 9.97 Å². The molecule has 0 aliphatic rings. The van der Waals surface area contributed by atoms with Gasteiger partial charge in [-0.2, -0.15) is 0 Å². The molecular weight excluding hydrogens is 635 g/mol. The average molecular weight is 660 g/mol. The molecule has 0 bridgehead atoms. The van der Waals surface area contributed by atoms with E-state index in [1.54, 1.807) is 0 Å². The van der Waals surface area contributed by atoms with Gasteiger partial charge in [0.25, 0.3) is 0 Å². The number of pyridine rings is 2. The van der Waals surface area contributed by atoms with Crippen LogP contribution in [0.3, 0.4) is 0 Å².